The van der Waals surface area contributed by atoms with E-state index >= 15 is 0 Å². The molecule has 0 radical (unpaired) electrons. The van der Waals surface area contributed by atoms with Crippen LogP contribution in [0.3, 0.4) is 0 Å². The molecule has 6 nitrogen and oxygen atoms in total. The molecule has 0 aliphatic carbocycles. The Balaban J connectivity index is 3.32. The lowest BCUT2D eigenvalue weighted by atomic mass is 10.1. The second-order valence-corrected chi connectivity index (χ2v) is 5.08. The van der Waals surface area contributed by atoms with Crippen LogP contribution in [0.1, 0.15) is 16.7 Å². The van der Waals surface area contributed by atoms with E-state index in [4.69, 9.17) is 22.9 Å². The minimum Gasteiger partial charge on any atom is -0.397 e. The number of aliphatic imine (C=N–C) groups is 2. The maximum Gasteiger partial charge on any atom is 0.155 e. The highest BCUT2D eigenvalue weighted by Gasteiger charge is 2.17. The molecule has 104 valence electrons. The molecule has 0 aliphatic heterocycles. The average Bonchev–Trinajstić information content (AvgIpc) is 2.86. The Labute approximate surface area is 116 Å². The van der Waals surface area contributed by atoms with Crippen molar-refractivity contribution in [1.29, 1.82) is 0 Å². The van der Waals surface area contributed by atoms with Gasteiger partial charge in [0.25, 0.3) is 0 Å². The Morgan fingerprint density at radius 3 is 2.58 bits per heavy atom. The van der Waals surface area contributed by atoms with Crippen molar-refractivity contribution in [3.05, 3.63) is 27.5 Å². The molecule has 0 spiro atoms. The first-order chi connectivity index (χ1) is 9.04. The highest BCUT2D eigenvalue weighted by Crippen LogP contribution is 2.25. The molecule has 1 aromatic heterocycles. The zero-order chi connectivity index (χ0) is 14.4. The Morgan fingerprint density at radius 2 is 2.16 bits per heavy atom. The molecule has 1 atom stereocenters. The molecular formula is C12H20N6S. The summed E-state index contributed by atoms with van der Waals surface area (Å²) in [6.45, 7) is 2.32. The molecule has 0 aliphatic rings. The van der Waals surface area contributed by atoms with Gasteiger partial charge in [-0.2, -0.15) is 0 Å². The van der Waals surface area contributed by atoms with Crippen molar-refractivity contribution >= 4 is 29.2 Å². The predicted octanol–water partition coefficient (Wildman–Crippen LogP) is 0.239. The van der Waals surface area contributed by atoms with E-state index in [1.165, 1.54) is 17.7 Å². The van der Waals surface area contributed by atoms with Crippen molar-refractivity contribution in [3.8, 4) is 0 Å². The summed E-state index contributed by atoms with van der Waals surface area (Å²) in [6.07, 6.45) is 1.18. The van der Waals surface area contributed by atoms with E-state index < -0.39 is 0 Å². The van der Waals surface area contributed by atoms with Crippen LogP contribution in [0.2, 0.25) is 0 Å². The number of nitrogens with two attached hydrogens (primary N) is 4. The van der Waals surface area contributed by atoms with Crippen molar-refractivity contribution in [3.63, 3.8) is 0 Å². The number of hydrogen-bond donors (Lipinski definition) is 4. The molecule has 1 unspecified atom stereocenters. The van der Waals surface area contributed by atoms with Crippen molar-refractivity contribution < 1.29 is 0 Å². The number of rotatable bonds is 4. The molecule has 7 heteroatoms. The summed E-state index contributed by atoms with van der Waals surface area (Å²) in [5.74, 6) is 0.442. The number of amidine groups is 1. The molecule has 0 aromatic carbocycles. The molecule has 0 amide bonds. The Bertz CT molecular complexity index is 512. The summed E-state index contributed by atoms with van der Waals surface area (Å²) >= 11 is 1.53. The minimum atomic E-state index is -0.300. The van der Waals surface area contributed by atoms with Gasteiger partial charge < -0.3 is 22.9 Å². The average molecular weight is 280 g/mol. The Morgan fingerprint density at radius 1 is 1.47 bits per heavy atom. The van der Waals surface area contributed by atoms with Crippen LogP contribution in [0.15, 0.2) is 27.7 Å². The van der Waals surface area contributed by atoms with Crippen LogP contribution in [-0.4, -0.2) is 25.3 Å². The van der Waals surface area contributed by atoms with Crippen LogP contribution in [0.5, 0.6) is 0 Å². The van der Waals surface area contributed by atoms with Crippen LogP contribution in [-0.2, 0) is 6.54 Å². The van der Waals surface area contributed by atoms with Gasteiger partial charge in [0.15, 0.2) is 5.84 Å². The first-order valence-electron chi connectivity index (χ1n) is 5.80. The second kappa shape index (κ2) is 7.03. The molecular weight excluding hydrogens is 260 g/mol. The zero-order valence-corrected chi connectivity index (χ0v) is 11.9. The molecule has 1 aromatic rings. The normalized spacial score (nSPS) is 15.7. The fraction of sp³-hybridized carbons (Fsp3) is 0.333. The van der Waals surface area contributed by atoms with Gasteiger partial charge >= 0.3 is 0 Å². The van der Waals surface area contributed by atoms with Crippen LogP contribution < -0.4 is 22.9 Å². The molecule has 0 saturated carbocycles. The van der Waals surface area contributed by atoms with Gasteiger partial charge in [-0.05, 0) is 19.1 Å². The summed E-state index contributed by atoms with van der Waals surface area (Å²) < 4.78 is 0. The second-order valence-electron chi connectivity index (χ2n) is 3.91. The van der Waals surface area contributed by atoms with E-state index in [-0.39, 0.29) is 6.04 Å². The molecule has 0 bridgehead atoms. The van der Waals surface area contributed by atoms with Crippen molar-refractivity contribution in [2.24, 2.45) is 32.9 Å². The van der Waals surface area contributed by atoms with E-state index in [0.717, 1.165) is 9.75 Å². The van der Waals surface area contributed by atoms with Crippen LogP contribution in [0, 0.1) is 0 Å². The van der Waals surface area contributed by atoms with Gasteiger partial charge in [0.05, 0.1) is 16.9 Å². The third-order valence-corrected chi connectivity index (χ3v) is 3.66. The fourth-order valence-electron chi connectivity index (χ4n) is 1.65. The molecule has 0 saturated heterocycles. The smallest absolute Gasteiger partial charge is 0.155 e. The van der Waals surface area contributed by atoms with E-state index in [0.29, 0.717) is 23.7 Å². The van der Waals surface area contributed by atoms with Gasteiger partial charge in [-0.15, -0.1) is 11.3 Å². The van der Waals surface area contributed by atoms with E-state index in [1.807, 2.05) is 19.1 Å². The highest BCUT2D eigenvalue weighted by molar-refractivity contribution is 7.13. The largest absolute Gasteiger partial charge is 0.397 e. The van der Waals surface area contributed by atoms with Crippen molar-refractivity contribution in [1.82, 2.24) is 0 Å². The summed E-state index contributed by atoms with van der Waals surface area (Å²) in [5, 5.41) is 0. The van der Waals surface area contributed by atoms with Crippen LogP contribution in [0.4, 0.5) is 0 Å². The third kappa shape index (κ3) is 3.63. The maximum atomic E-state index is 6.19. The number of hydrogen-bond acceptors (Lipinski definition) is 5. The SMILES string of the molecule is CN=C(N=CN)C(=C(N)c1ccc(CN)s1)C(C)N. The third-order valence-electron chi connectivity index (χ3n) is 2.52. The monoisotopic (exact) mass is 280 g/mol. The lowest BCUT2D eigenvalue weighted by Crippen LogP contribution is -2.26. The summed E-state index contributed by atoms with van der Waals surface area (Å²) in [5.41, 5.74) is 24.3. The topological polar surface area (TPSA) is 129 Å². The summed E-state index contributed by atoms with van der Waals surface area (Å²) in [6, 6.07) is 3.57. The molecule has 1 heterocycles. The van der Waals surface area contributed by atoms with Gasteiger partial charge in [0.2, 0.25) is 0 Å². The molecule has 8 N–H and O–H groups in total. The van der Waals surface area contributed by atoms with Crippen molar-refractivity contribution in [2.45, 2.75) is 19.5 Å². The standard InChI is InChI=1S/C12H20N6S/c1-7(15)10(12(17-2)18-6-14)11(16)9-4-3-8(5-13)19-9/h3-4,6-7H,5,13,15-16H2,1-2H3,(H2,14,17,18). The fourth-order valence-corrected chi connectivity index (χ4v) is 2.51. The van der Waals surface area contributed by atoms with E-state index in [2.05, 4.69) is 9.98 Å². The van der Waals surface area contributed by atoms with Crippen LogP contribution >= 0.6 is 11.3 Å². The van der Waals surface area contributed by atoms with Gasteiger partial charge in [-0.25, -0.2) is 4.99 Å². The van der Waals surface area contributed by atoms with Crippen LogP contribution in [0.25, 0.3) is 5.70 Å². The number of thiophene rings is 1. The molecule has 0 fully saturated rings. The first-order valence-corrected chi connectivity index (χ1v) is 6.62. The van der Waals surface area contributed by atoms with Gasteiger partial charge in [-0.1, -0.05) is 0 Å². The van der Waals surface area contributed by atoms with Gasteiger partial charge in [0, 0.05) is 30.1 Å². The maximum absolute atomic E-state index is 6.19. The molecule has 1 rings (SSSR count). The van der Waals surface area contributed by atoms with E-state index in [1.54, 1.807) is 7.05 Å². The number of nitrogens with zero attached hydrogens (tertiary/aromatic N) is 2. The first kappa shape index (κ1) is 15.4. The summed E-state index contributed by atoms with van der Waals surface area (Å²) in [7, 11) is 1.62. The minimum absolute atomic E-state index is 0.300. The van der Waals surface area contributed by atoms with E-state index in [9.17, 15) is 0 Å². The quantitative estimate of drug-likeness (QED) is 0.465. The summed E-state index contributed by atoms with van der Waals surface area (Å²) in [4.78, 5) is 10.0. The Hall–Kier alpha value is -1.70. The highest BCUT2D eigenvalue weighted by atomic mass is 32.1. The predicted molar refractivity (Wildman–Crippen MR) is 83.0 cm³/mol. The molecule has 19 heavy (non-hydrogen) atoms. The lowest BCUT2D eigenvalue weighted by Gasteiger charge is -2.14. The van der Waals surface area contributed by atoms with Gasteiger partial charge in [0.1, 0.15) is 0 Å². The van der Waals surface area contributed by atoms with Gasteiger partial charge in [-0.3, -0.25) is 4.99 Å². The Kier molecular flexibility index (Phi) is 5.68. The van der Waals surface area contributed by atoms with Crippen molar-refractivity contribution in [2.75, 3.05) is 7.05 Å². The zero-order valence-electron chi connectivity index (χ0n) is 11.1. The lowest BCUT2D eigenvalue weighted by molar-refractivity contribution is 0.893.